The second-order valence-corrected chi connectivity index (χ2v) is 8.45. The normalized spacial score (nSPS) is 19.6. The molecule has 2 heterocycles. The molecule has 3 N–H and O–H groups in total. The number of hydrogen-bond acceptors (Lipinski definition) is 8. The van der Waals surface area contributed by atoms with Crippen molar-refractivity contribution in [3.63, 3.8) is 0 Å². The number of methoxy groups -OCH3 is 1. The van der Waals surface area contributed by atoms with Gasteiger partial charge in [0.05, 0.1) is 31.1 Å². The molecule has 2 aliphatic rings. The van der Waals surface area contributed by atoms with E-state index >= 15 is 0 Å². The number of aliphatic imine (C=N–C) groups is 1. The van der Waals surface area contributed by atoms with Crippen LogP contribution in [0.5, 0.6) is 11.5 Å². The molecule has 2 atom stereocenters. The molecule has 0 radical (unpaired) electrons. The van der Waals surface area contributed by atoms with Crippen LogP contribution in [0, 0.1) is 5.92 Å². The van der Waals surface area contributed by atoms with E-state index in [9.17, 15) is 9.59 Å². The number of benzene rings is 2. The average Bonchev–Trinajstić information content (AvgIpc) is 3.32. The highest BCUT2D eigenvalue weighted by Crippen LogP contribution is 2.30. The van der Waals surface area contributed by atoms with Gasteiger partial charge < -0.3 is 14.8 Å². The van der Waals surface area contributed by atoms with Crippen LogP contribution in [-0.4, -0.2) is 49.2 Å². The van der Waals surface area contributed by atoms with Crippen molar-refractivity contribution in [1.29, 1.82) is 0 Å². The summed E-state index contributed by atoms with van der Waals surface area (Å²) in [6.45, 7) is 3.37. The summed E-state index contributed by atoms with van der Waals surface area (Å²) < 4.78 is 10.7. The van der Waals surface area contributed by atoms with E-state index in [-0.39, 0.29) is 29.7 Å². The third-order valence-electron chi connectivity index (χ3n) is 5.29. The Hall–Kier alpha value is -3.08. The van der Waals surface area contributed by atoms with Crippen molar-refractivity contribution in [2.24, 2.45) is 10.9 Å². The highest BCUT2D eigenvalue weighted by atomic mass is 32.2. The maximum atomic E-state index is 13.3. The molecule has 4 rings (SSSR count). The SMILES string of the molecule is CCOc1ccc(N2C(=O)C3CNNC3N=C2SCC(=O)NCc2cccc(OC)c2)cc1. The predicted molar refractivity (Wildman–Crippen MR) is 128 cm³/mol. The van der Waals surface area contributed by atoms with Gasteiger partial charge in [-0.05, 0) is 48.9 Å². The maximum Gasteiger partial charge on any atom is 0.241 e. The zero-order chi connectivity index (χ0) is 23.2. The molecule has 2 aliphatic heterocycles. The third-order valence-corrected chi connectivity index (χ3v) is 6.25. The second kappa shape index (κ2) is 10.7. The Kier molecular flexibility index (Phi) is 7.48. The van der Waals surface area contributed by atoms with Gasteiger partial charge >= 0.3 is 0 Å². The summed E-state index contributed by atoms with van der Waals surface area (Å²) >= 11 is 1.24. The summed E-state index contributed by atoms with van der Waals surface area (Å²) in [5.74, 6) is 1.09. The van der Waals surface area contributed by atoms with Crippen LogP contribution in [0.15, 0.2) is 53.5 Å². The van der Waals surface area contributed by atoms with E-state index in [1.807, 2.05) is 55.5 Å². The van der Waals surface area contributed by atoms with E-state index in [1.54, 1.807) is 12.0 Å². The number of amidine groups is 1. The van der Waals surface area contributed by atoms with Crippen LogP contribution in [0.3, 0.4) is 0 Å². The highest BCUT2D eigenvalue weighted by Gasteiger charge is 2.42. The van der Waals surface area contributed by atoms with Gasteiger partial charge in [0, 0.05) is 13.1 Å². The van der Waals surface area contributed by atoms with Crippen LogP contribution in [0.2, 0.25) is 0 Å². The van der Waals surface area contributed by atoms with Crippen molar-refractivity contribution in [3.05, 3.63) is 54.1 Å². The smallest absolute Gasteiger partial charge is 0.241 e. The summed E-state index contributed by atoms with van der Waals surface area (Å²) in [4.78, 5) is 32.1. The number of rotatable bonds is 8. The topological polar surface area (TPSA) is 104 Å². The lowest BCUT2D eigenvalue weighted by atomic mass is 10.0. The van der Waals surface area contributed by atoms with Gasteiger partial charge in [-0.25, -0.2) is 10.4 Å². The Morgan fingerprint density at radius 2 is 2.06 bits per heavy atom. The number of carbonyl (C=O) groups is 2. The average molecular weight is 470 g/mol. The minimum atomic E-state index is -0.348. The molecule has 10 heteroatoms. The first-order chi connectivity index (χ1) is 16.1. The number of fused-ring (bicyclic) bond motifs is 1. The molecule has 2 aromatic rings. The summed E-state index contributed by atoms with van der Waals surface area (Å²) in [7, 11) is 1.61. The standard InChI is InChI=1S/C23H27N5O4S/c1-3-32-17-9-7-16(8-10-17)28-22(30)19-13-25-27-21(19)26-23(28)33-14-20(29)24-12-15-5-4-6-18(11-15)31-2/h4-11,19,21,25,27H,3,12-14H2,1-2H3,(H,24,29). The Morgan fingerprint density at radius 3 is 2.82 bits per heavy atom. The van der Waals surface area contributed by atoms with Crippen LogP contribution >= 0.6 is 11.8 Å². The molecule has 0 bridgehead atoms. The number of thioether (sulfide) groups is 1. The van der Waals surface area contributed by atoms with Gasteiger partial charge in [0.1, 0.15) is 17.7 Å². The number of anilines is 1. The van der Waals surface area contributed by atoms with Crippen molar-refractivity contribution in [2.45, 2.75) is 19.6 Å². The van der Waals surface area contributed by atoms with Crippen molar-refractivity contribution in [1.82, 2.24) is 16.2 Å². The number of carbonyl (C=O) groups excluding carboxylic acids is 2. The van der Waals surface area contributed by atoms with E-state index < -0.39 is 0 Å². The number of ether oxygens (including phenoxy) is 2. The lowest BCUT2D eigenvalue weighted by Gasteiger charge is -2.32. The summed E-state index contributed by atoms with van der Waals surface area (Å²) in [6, 6.07) is 14.9. The maximum absolute atomic E-state index is 13.3. The number of hydrogen-bond donors (Lipinski definition) is 3. The monoisotopic (exact) mass is 469 g/mol. The molecule has 1 fully saturated rings. The fourth-order valence-electron chi connectivity index (χ4n) is 3.63. The molecule has 0 aromatic heterocycles. The van der Waals surface area contributed by atoms with Gasteiger partial charge in [-0.3, -0.25) is 19.9 Å². The molecule has 33 heavy (non-hydrogen) atoms. The summed E-state index contributed by atoms with van der Waals surface area (Å²) in [5, 5.41) is 3.39. The van der Waals surface area contributed by atoms with Gasteiger partial charge in [-0.15, -0.1) is 0 Å². The molecule has 2 unspecified atom stereocenters. The lowest BCUT2D eigenvalue weighted by Crippen LogP contribution is -2.49. The molecule has 0 aliphatic carbocycles. The van der Waals surface area contributed by atoms with Crippen molar-refractivity contribution in [2.75, 3.05) is 30.9 Å². The van der Waals surface area contributed by atoms with Gasteiger partial charge in [0.25, 0.3) is 0 Å². The molecule has 1 saturated heterocycles. The van der Waals surface area contributed by atoms with Crippen LogP contribution in [-0.2, 0) is 16.1 Å². The van der Waals surface area contributed by atoms with Gasteiger partial charge in [-0.1, -0.05) is 23.9 Å². The fourth-order valence-corrected chi connectivity index (χ4v) is 4.50. The van der Waals surface area contributed by atoms with E-state index in [4.69, 9.17) is 14.5 Å². The van der Waals surface area contributed by atoms with Crippen LogP contribution in [0.25, 0.3) is 0 Å². The second-order valence-electron chi connectivity index (χ2n) is 7.51. The largest absolute Gasteiger partial charge is 0.497 e. The van der Waals surface area contributed by atoms with Gasteiger partial charge in [-0.2, -0.15) is 0 Å². The van der Waals surface area contributed by atoms with Gasteiger partial charge in [0.2, 0.25) is 11.8 Å². The Balaban J connectivity index is 1.44. The summed E-state index contributed by atoms with van der Waals surface area (Å²) in [5.41, 5.74) is 7.67. The fraction of sp³-hybridized carbons (Fsp3) is 0.348. The molecular weight excluding hydrogens is 442 g/mol. The minimum absolute atomic E-state index is 0.0593. The van der Waals surface area contributed by atoms with Crippen LogP contribution < -0.4 is 30.5 Å². The molecule has 0 saturated carbocycles. The van der Waals surface area contributed by atoms with E-state index in [1.165, 1.54) is 11.8 Å². The molecule has 2 aromatic carbocycles. The Labute approximate surface area is 196 Å². The zero-order valence-corrected chi connectivity index (χ0v) is 19.4. The quantitative estimate of drug-likeness (QED) is 0.542. The Bertz CT molecular complexity index is 1030. The van der Waals surface area contributed by atoms with Gasteiger partial charge in [0.15, 0.2) is 5.17 Å². The molecule has 0 spiro atoms. The number of nitrogens with zero attached hydrogens (tertiary/aromatic N) is 2. The van der Waals surface area contributed by atoms with Crippen molar-refractivity contribution < 1.29 is 19.1 Å². The molecule has 9 nitrogen and oxygen atoms in total. The summed E-state index contributed by atoms with van der Waals surface area (Å²) in [6.07, 6.45) is -0.348. The highest BCUT2D eigenvalue weighted by molar-refractivity contribution is 8.14. The van der Waals surface area contributed by atoms with E-state index in [0.717, 1.165) is 17.1 Å². The number of nitrogens with one attached hydrogen (secondary N) is 3. The number of hydrazine groups is 1. The molecule has 2 amide bonds. The number of amides is 2. The van der Waals surface area contributed by atoms with Crippen molar-refractivity contribution >= 4 is 34.4 Å². The first-order valence-corrected chi connectivity index (χ1v) is 11.7. The Morgan fingerprint density at radius 1 is 1.24 bits per heavy atom. The third kappa shape index (κ3) is 5.47. The van der Waals surface area contributed by atoms with Crippen molar-refractivity contribution in [3.8, 4) is 11.5 Å². The molecular formula is C23H27N5O4S. The van der Waals surface area contributed by atoms with E-state index in [2.05, 4.69) is 16.2 Å². The lowest BCUT2D eigenvalue weighted by molar-refractivity contribution is -0.121. The zero-order valence-electron chi connectivity index (χ0n) is 18.5. The van der Waals surface area contributed by atoms with Crippen LogP contribution in [0.1, 0.15) is 12.5 Å². The predicted octanol–water partition coefficient (Wildman–Crippen LogP) is 1.90. The van der Waals surface area contributed by atoms with Crippen LogP contribution in [0.4, 0.5) is 5.69 Å². The molecule has 174 valence electrons. The minimum Gasteiger partial charge on any atom is -0.497 e. The van der Waals surface area contributed by atoms with E-state index in [0.29, 0.717) is 30.6 Å². The first-order valence-electron chi connectivity index (χ1n) is 10.7. The first kappa shape index (κ1) is 23.1.